The zero-order valence-corrected chi connectivity index (χ0v) is 11.5. The van der Waals surface area contributed by atoms with E-state index in [1.54, 1.807) is 12.4 Å². The average Bonchev–Trinajstić information content (AvgIpc) is 2.52. The molecule has 0 aliphatic heterocycles. The van der Waals surface area contributed by atoms with Gasteiger partial charge in [-0.1, -0.05) is 19.1 Å². The lowest BCUT2D eigenvalue weighted by Gasteiger charge is -2.08. The standard InChI is InChI=1S/C16H18N2O2/c1-2-8-18-16(19)12-20-15-5-3-4-14(11-15)13-6-9-17-10-7-13/h3-7,9-11H,2,8,12H2,1H3,(H,18,19). The summed E-state index contributed by atoms with van der Waals surface area (Å²) in [6, 6.07) is 11.6. The first-order chi connectivity index (χ1) is 9.79. The van der Waals surface area contributed by atoms with E-state index in [-0.39, 0.29) is 12.5 Å². The van der Waals surface area contributed by atoms with Crippen LogP contribution in [0.25, 0.3) is 11.1 Å². The monoisotopic (exact) mass is 270 g/mol. The van der Waals surface area contributed by atoms with Crippen molar-refractivity contribution in [1.82, 2.24) is 10.3 Å². The Labute approximate surface area is 118 Å². The summed E-state index contributed by atoms with van der Waals surface area (Å²) in [7, 11) is 0. The maximum atomic E-state index is 11.5. The van der Waals surface area contributed by atoms with Crippen LogP contribution >= 0.6 is 0 Å². The SMILES string of the molecule is CCCNC(=O)COc1cccc(-c2ccncc2)c1. The van der Waals surface area contributed by atoms with Gasteiger partial charge in [-0.15, -0.1) is 0 Å². The Morgan fingerprint density at radius 2 is 2.00 bits per heavy atom. The lowest BCUT2D eigenvalue weighted by Crippen LogP contribution is -2.29. The third-order valence-corrected chi connectivity index (χ3v) is 2.79. The molecule has 1 heterocycles. The van der Waals surface area contributed by atoms with Crippen molar-refractivity contribution in [2.75, 3.05) is 13.2 Å². The van der Waals surface area contributed by atoms with E-state index in [9.17, 15) is 4.79 Å². The van der Waals surface area contributed by atoms with Crippen molar-refractivity contribution in [1.29, 1.82) is 0 Å². The Hall–Kier alpha value is -2.36. The van der Waals surface area contributed by atoms with Crippen molar-refractivity contribution >= 4 is 5.91 Å². The highest BCUT2D eigenvalue weighted by Gasteiger charge is 2.03. The second-order valence-electron chi connectivity index (χ2n) is 4.40. The maximum absolute atomic E-state index is 11.5. The molecule has 2 aromatic rings. The largest absolute Gasteiger partial charge is 0.484 e. The Bertz CT molecular complexity index is 555. The van der Waals surface area contributed by atoms with Crippen LogP contribution in [0.4, 0.5) is 0 Å². The number of nitrogens with zero attached hydrogens (tertiary/aromatic N) is 1. The van der Waals surface area contributed by atoms with Crippen LogP contribution in [0.5, 0.6) is 5.75 Å². The highest BCUT2D eigenvalue weighted by molar-refractivity contribution is 5.77. The number of amides is 1. The number of hydrogen-bond acceptors (Lipinski definition) is 3. The Balaban J connectivity index is 1.98. The van der Waals surface area contributed by atoms with Crippen molar-refractivity contribution in [3.05, 3.63) is 48.8 Å². The summed E-state index contributed by atoms with van der Waals surface area (Å²) < 4.78 is 5.50. The molecule has 1 aromatic heterocycles. The lowest BCUT2D eigenvalue weighted by molar-refractivity contribution is -0.123. The molecule has 1 aromatic carbocycles. The van der Waals surface area contributed by atoms with E-state index >= 15 is 0 Å². The van der Waals surface area contributed by atoms with Crippen LogP contribution in [0.15, 0.2) is 48.8 Å². The van der Waals surface area contributed by atoms with Gasteiger partial charge in [0.05, 0.1) is 0 Å². The van der Waals surface area contributed by atoms with Gasteiger partial charge in [0.2, 0.25) is 0 Å². The average molecular weight is 270 g/mol. The molecule has 104 valence electrons. The molecule has 0 fully saturated rings. The number of nitrogens with one attached hydrogen (secondary N) is 1. The molecule has 0 bridgehead atoms. The maximum Gasteiger partial charge on any atom is 0.257 e. The van der Waals surface area contributed by atoms with Crippen LogP contribution in [0.1, 0.15) is 13.3 Å². The van der Waals surface area contributed by atoms with Crippen molar-refractivity contribution in [3.63, 3.8) is 0 Å². The molecule has 0 saturated heterocycles. The number of carbonyl (C=O) groups excluding carboxylic acids is 1. The molecule has 0 unspecified atom stereocenters. The Morgan fingerprint density at radius 3 is 2.75 bits per heavy atom. The van der Waals surface area contributed by atoms with Crippen molar-refractivity contribution in [3.8, 4) is 16.9 Å². The molecule has 4 nitrogen and oxygen atoms in total. The first-order valence-electron chi connectivity index (χ1n) is 6.69. The van der Waals surface area contributed by atoms with E-state index in [0.29, 0.717) is 12.3 Å². The third kappa shape index (κ3) is 4.09. The number of rotatable bonds is 6. The molecule has 0 saturated carbocycles. The van der Waals surface area contributed by atoms with Gasteiger partial charge in [-0.25, -0.2) is 0 Å². The second kappa shape index (κ2) is 7.28. The summed E-state index contributed by atoms with van der Waals surface area (Å²) >= 11 is 0. The van der Waals surface area contributed by atoms with Crippen LogP contribution in [-0.4, -0.2) is 24.0 Å². The van der Waals surface area contributed by atoms with Crippen LogP contribution in [0.2, 0.25) is 0 Å². The second-order valence-corrected chi connectivity index (χ2v) is 4.40. The van der Waals surface area contributed by atoms with Gasteiger partial charge in [0.15, 0.2) is 6.61 Å². The summed E-state index contributed by atoms with van der Waals surface area (Å²) in [5, 5.41) is 2.78. The van der Waals surface area contributed by atoms with Gasteiger partial charge in [-0.3, -0.25) is 9.78 Å². The predicted molar refractivity (Wildman–Crippen MR) is 78.5 cm³/mol. The first kappa shape index (κ1) is 14.1. The van der Waals surface area contributed by atoms with Crippen LogP contribution in [0.3, 0.4) is 0 Å². The number of benzene rings is 1. The van der Waals surface area contributed by atoms with Crippen LogP contribution in [-0.2, 0) is 4.79 Å². The minimum absolute atomic E-state index is 0.0415. The van der Waals surface area contributed by atoms with E-state index in [0.717, 1.165) is 17.5 Å². The lowest BCUT2D eigenvalue weighted by atomic mass is 10.1. The topological polar surface area (TPSA) is 51.2 Å². The zero-order chi connectivity index (χ0) is 14.2. The van der Waals surface area contributed by atoms with E-state index in [1.165, 1.54) is 0 Å². The quantitative estimate of drug-likeness (QED) is 0.878. The number of pyridine rings is 1. The van der Waals surface area contributed by atoms with E-state index in [2.05, 4.69) is 10.3 Å². The molecule has 4 heteroatoms. The van der Waals surface area contributed by atoms with Crippen molar-refractivity contribution in [2.45, 2.75) is 13.3 Å². The molecular formula is C16H18N2O2. The van der Waals surface area contributed by atoms with Gasteiger partial charge in [0.1, 0.15) is 5.75 Å². The van der Waals surface area contributed by atoms with Gasteiger partial charge in [0.25, 0.3) is 5.91 Å². The summed E-state index contributed by atoms with van der Waals surface area (Å²) in [6.07, 6.45) is 4.42. The van der Waals surface area contributed by atoms with E-state index < -0.39 is 0 Å². The van der Waals surface area contributed by atoms with Crippen LogP contribution < -0.4 is 10.1 Å². The van der Waals surface area contributed by atoms with Crippen molar-refractivity contribution in [2.24, 2.45) is 0 Å². The summed E-state index contributed by atoms with van der Waals surface area (Å²) in [4.78, 5) is 15.5. The molecule has 0 radical (unpaired) electrons. The third-order valence-electron chi connectivity index (χ3n) is 2.79. The highest BCUT2D eigenvalue weighted by Crippen LogP contribution is 2.23. The zero-order valence-electron chi connectivity index (χ0n) is 11.5. The Kier molecular flexibility index (Phi) is 5.12. The van der Waals surface area contributed by atoms with Gasteiger partial charge in [-0.2, -0.15) is 0 Å². The fraction of sp³-hybridized carbons (Fsp3) is 0.250. The molecule has 1 amide bonds. The fourth-order valence-electron chi connectivity index (χ4n) is 1.77. The van der Waals surface area contributed by atoms with Gasteiger partial charge in [0, 0.05) is 18.9 Å². The Morgan fingerprint density at radius 1 is 1.20 bits per heavy atom. The fourth-order valence-corrected chi connectivity index (χ4v) is 1.77. The number of ether oxygens (including phenoxy) is 1. The first-order valence-corrected chi connectivity index (χ1v) is 6.69. The number of aromatic nitrogens is 1. The van der Waals surface area contributed by atoms with Gasteiger partial charge < -0.3 is 10.1 Å². The smallest absolute Gasteiger partial charge is 0.257 e. The molecule has 0 aliphatic rings. The summed E-state index contributed by atoms with van der Waals surface area (Å²) in [6.45, 7) is 2.73. The number of carbonyl (C=O) groups is 1. The molecule has 1 N–H and O–H groups in total. The van der Waals surface area contributed by atoms with Crippen LogP contribution in [0, 0.1) is 0 Å². The molecule has 0 spiro atoms. The molecule has 0 aliphatic carbocycles. The van der Waals surface area contributed by atoms with Gasteiger partial charge >= 0.3 is 0 Å². The molecule has 2 rings (SSSR count). The minimum atomic E-state index is -0.0961. The van der Waals surface area contributed by atoms with E-state index in [1.807, 2.05) is 43.3 Å². The summed E-state index contributed by atoms with van der Waals surface area (Å²) in [5.74, 6) is 0.590. The predicted octanol–water partition coefficient (Wildman–Crippen LogP) is 2.65. The van der Waals surface area contributed by atoms with E-state index in [4.69, 9.17) is 4.74 Å². The normalized spacial score (nSPS) is 10.1. The number of hydrogen-bond donors (Lipinski definition) is 1. The van der Waals surface area contributed by atoms with Gasteiger partial charge in [-0.05, 0) is 41.8 Å². The molecule has 20 heavy (non-hydrogen) atoms. The highest BCUT2D eigenvalue weighted by atomic mass is 16.5. The minimum Gasteiger partial charge on any atom is -0.484 e. The molecule has 0 atom stereocenters. The molecular weight excluding hydrogens is 252 g/mol. The van der Waals surface area contributed by atoms with Crippen molar-refractivity contribution < 1.29 is 9.53 Å². The summed E-state index contributed by atoms with van der Waals surface area (Å²) in [5.41, 5.74) is 2.11.